The van der Waals surface area contributed by atoms with Crippen LogP contribution in [0.15, 0.2) is 24.3 Å². The lowest BCUT2D eigenvalue weighted by Crippen LogP contribution is -2.04. The number of hydrogen-bond acceptors (Lipinski definition) is 3. The standard InChI is InChI=1S/C9H13O5P/c1-13-8-6-4-3-5-7(8)9(14-2)15(10,11)12/h3-6,9H,1-2H3,(H2,10,11,12). The molecule has 0 heterocycles. The van der Waals surface area contributed by atoms with Gasteiger partial charge in [-0.2, -0.15) is 0 Å². The van der Waals surface area contributed by atoms with Gasteiger partial charge in [0.1, 0.15) is 5.75 Å². The Bertz CT molecular complexity index is 373. The Labute approximate surface area is 87.8 Å². The molecule has 1 rings (SSSR count). The molecule has 84 valence electrons. The zero-order valence-corrected chi connectivity index (χ0v) is 9.35. The van der Waals surface area contributed by atoms with Gasteiger partial charge in [-0.3, -0.25) is 4.57 Å². The van der Waals surface area contributed by atoms with E-state index in [0.29, 0.717) is 11.3 Å². The first-order valence-corrected chi connectivity index (χ1v) is 5.89. The summed E-state index contributed by atoms with van der Waals surface area (Å²) < 4.78 is 20.9. The van der Waals surface area contributed by atoms with Gasteiger partial charge in [0.15, 0.2) is 5.85 Å². The molecule has 0 bridgehead atoms. The average molecular weight is 232 g/mol. The summed E-state index contributed by atoms with van der Waals surface area (Å²) in [5.74, 6) is -0.888. The third kappa shape index (κ3) is 2.79. The highest BCUT2D eigenvalue weighted by molar-refractivity contribution is 7.52. The first-order valence-electron chi connectivity index (χ1n) is 4.21. The van der Waals surface area contributed by atoms with Crippen LogP contribution in [0.3, 0.4) is 0 Å². The van der Waals surface area contributed by atoms with E-state index in [9.17, 15) is 4.57 Å². The van der Waals surface area contributed by atoms with Crippen LogP contribution < -0.4 is 4.74 Å². The summed E-state index contributed by atoms with van der Waals surface area (Å²) in [6, 6.07) is 6.57. The minimum atomic E-state index is -4.34. The molecule has 0 aliphatic carbocycles. The van der Waals surface area contributed by atoms with E-state index in [2.05, 4.69) is 0 Å². The lowest BCUT2D eigenvalue weighted by atomic mass is 10.2. The van der Waals surface area contributed by atoms with Gasteiger partial charge in [-0.1, -0.05) is 18.2 Å². The number of para-hydroxylation sites is 1. The zero-order valence-electron chi connectivity index (χ0n) is 8.45. The number of methoxy groups -OCH3 is 2. The van der Waals surface area contributed by atoms with E-state index in [4.69, 9.17) is 19.3 Å². The van der Waals surface area contributed by atoms with Crippen LogP contribution in [-0.2, 0) is 9.30 Å². The smallest absolute Gasteiger partial charge is 0.358 e. The van der Waals surface area contributed by atoms with Gasteiger partial charge in [-0.15, -0.1) is 0 Å². The highest BCUT2D eigenvalue weighted by Gasteiger charge is 2.32. The van der Waals surface area contributed by atoms with E-state index in [0.717, 1.165) is 0 Å². The minimum Gasteiger partial charge on any atom is -0.496 e. The predicted molar refractivity (Wildman–Crippen MR) is 54.8 cm³/mol. The Morgan fingerprint density at radius 2 is 1.87 bits per heavy atom. The number of benzene rings is 1. The summed E-state index contributed by atoms with van der Waals surface area (Å²) in [5, 5.41) is 0. The molecule has 0 aliphatic rings. The fourth-order valence-electron chi connectivity index (χ4n) is 1.32. The summed E-state index contributed by atoms with van der Waals surface area (Å²) in [4.78, 5) is 18.2. The van der Waals surface area contributed by atoms with Gasteiger partial charge in [-0.05, 0) is 6.07 Å². The number of hydrogen-bond donors (Lipinski definition) is 2. The molecule has 0 amide bonds. The van der Waals surface area contributed by atoms with Crippen molar-refractivity contribution in [3.63, 3.8) is 0 Å². The third-order valence-corrected chi connectivity index (χ3v) is 3.03. The van der Waals surface area contributed by atoms with Crippen LogP contribution in [0.25, 0.3) is 0 Å². The highest BCUT2D eigenvalue weighted by Crippen LogP contribution is 2.53. The van der Waals surface area contributed by atoms with E-state index < -0.39 is 13.4 Å². The van der Waals surface area contributed by atoms with E-state index in [1.54, 1.807) is 24.3 Å². The number of rotatable bonds is 4. The first kappa shape index (κ1) is 12.2. The second-order valence-corrected chi connectivity index (χ2v) is 4.57. The summed E-state index contributed by atoms with van der Waals surface area (Å²) >= 11 is 0. The van der Waals surface area contributed by atoms with Crippen molar-refractivity contribution in [2.24, 2.45) is 0 Å². The summed E-state index contributed by atoms with van der Waals surface area (Å²) in [7, 11) is -1.66. The van der Waals surface area contributed by atoms with Crippen LogP contribution in [0.4, 0.5) is 0 Å². The maximum absolute atomic E-state index is 11.1. The summed E-state index contributed by atoms with van der Waals surface area (Å²) in [6.45, 7) is 0. The Morgan fingerprint density at radius 1 is 1.27 bits per heavy atom. The molecule has 0 fully saturated rings. The molecular formula is C9H13O5P. The average Bonchev–Trinajstić information content (AvgIpc) is 2.17. The monoisotopic (exact) mass is 232 g/mol. The van der Waals surface area contributed by atoms with Gasteiger partial charge in [0, 0.05) is 12.7 Å². The molecule has 0 aliphatic heterocycles. The van der Waals surface area contributed by atoms with Crippen molar-refractivity contribution < 1.29 is 23.8 Å². The molecule has 0 saturated carbocycles. The fourth-order valence-corrected chi connectivity index (χ4v) is 2.17. The molecule has 1 aromatic rings. The van der Waals surface area contributed by atoms with Gasteiger partial charge in [-0.25, -0.2) is 0 Å². The third-order valence-electron chi connectivity index (χ3n) is 1.93. The molecular weight excluding hydrogens is 219 g/mol. The van der Waals surface area contributed by atoms with Gasteiger partial charge in [0.05, 0.1) is 7.11 Å². The molecule has 6 heteroatoms. The van der Waals surface area contributed by atoms with Crippen molar-refractivity contribution in [3.8, 4) is 5.75 Å². The Balaban J connectivity index is 3.18. The Morgan fingerprint density at radius 3 is 2.33 bits per heavy atom. The second kappa shape index (κ2) is 4.77. The quantitative estimate of drug-likeness (QED) is 0.769. The van der Waals surface area contributed by atoms with Crippen molar-refractivity contribution in [3.05, 3.63) is 29.8 Å². The molecule has 5 nitrogen and oxygen atoms in total. The molecule has 1 atom stereocenters. The topological polar surface area (TPSA) is 76.0 Å². The zero-order chi connectivity index (χ0) is 11.5. The summed E-state index contributed by atoms with van der Waals surface area (Å²) in [6.07, 6.45) is 0. The van der Waals surface area contributed by atoms with Crippen LogP contribution in [0, 0.1) is 0 Å². The fraction of sp³-hybridized carbons (Fsp3) is 0.333. The van der Waals surface area contributed by atoms with E-state index in [-0.39, 0.29) is 0 Å². The maximum Gasteiger partial charge on any atom is 0.358 e. The molecule has 15 heavy (non-hydrogen) atoms. The van der Waals surface area contributed by atoms with Crippen LogP contribution in [0.5, 0.6) is 5.75 Å². The molecule has 0 aromatic heterocycles. The highest BCUT2D eigenvalue weighted by atomic mass is 31.2. The largest absolute Gasteiger partial charge is 0.496 e. The van der Waals surface area contributed by atoms with Crippen molar-refractivity contribution in [2.45, 2.75) is 5.85 Å². The van der Waals surface area contributed by atoms with E-state index in [1.165, 1.54) is 14.2 Å². The van der Waals surface area contributed by atoms with Gasteiger partial charge in [0.25, 0.3) is 0 Å². The lowest BCUT2D eigenvalue weighted by molar-refractivity contribution is 0.135. The van der Waals surface area contributed by atoms with Crippen molar-refractivity contribution in [1.29, 1.82) is 0 Å². The second-order valence-electron chi connectivity index (χ2n) is 2.92. The van der Waals surface area contributed by atoms with Crippen LogP contribution in [0.1, 0.15) is 11.4 Å². The van der Waals surface area contributed by atoms with E-state index >= 15 is 0 Å². The summed E-state index contributed by atoms with van der Waals surface area (Å²) in [5.41, 5.74) is 0.343. The van der Waals surface area contributed by atoms with Gasteiger partial charge >= 0.3 is 7.60 Å². The predicted octanol–water partition coefficient (Wildman–Crippen LogP) is 1.52. The molecule has 1 unspecified atom stereocenters. The molecule has 0 spiro atoms. The minimum absolute atomic E-state index is 0.343. The molecule has 0 radical (unpaired) electrons. The van der Waals surface area contributed by atoms with Gasteiger partial charge < -0.3 is 19.3 Å². The Kier molecular flexibility index (Phi) is 3.88. The maximum atomic E-state index is 11.1. The van der Waals surface area contributed by atoms with Crippen LogP contribution in [0.2, 0.25) is 0 Å². The van der Waals surface area contributed by atoms with Crippen LogP contribution >= 0.6 is 7.60 Å². The van der Waals surface area contributed by atoms with Gasteiger partial charge in [0.2, 0.25) is 0 Å². The van der Waals surface area contributed by atoms with Crippen LogP contribution in [-0.4, -0.2) is 24.0 Å². The molecule has 2 N–H and O–H groups in total. The van der Waals surface area contributed by atoms with Crippen molar-refractivity contribution in [2.75, 3.05) is 14.2 Å². The van der Waals surface area contributed by atoms with E-state index in [1.807, 2.05) is 0 Å². The molecule has 1 aromatic carbocycles. The normalized spacial score (nSPS) is 13.6. The lowest BCUT2D eigenvalue weighted by Gasteiger charge is -2.19. The van der Waals surface area contributed by atoms with Crippen molar-refractivity contribution >= 4 is 7.60 Å². The van der Waals surface area contributed by atoms with Crippen molar-refractivity contribution in [1.82, 2.24) is 0 Å². The SMILES string of the molecule is COc1ccccc1C(OC)P(=O)(O)O. The number of ether oxygens (including phenoxy) is 2. The Hall–Kier alpha value is -0.870. The molecule has 0 saturated heterocycles. The first-order chi connectivity index (χ1) is 7.00.